The molecule has 0 saturated carbocycles. The Bertz CT molecular complexity index is 447. The first-order valence-electron chi connectivity index (χ1n) is 5.94. The van der Waals surface area contributed by atoms with Crippen molar-refractivity contribution in [1.29, 1.82) is 0 Å². The molecule has 1 aliphatic heterocycles. The summed E-state index contributed by atoms with van der Waals surface area (Å²) in [6.07, 6.45) is 2.52. The number of nitrogens with one attached hydrogen (secondary N) is 1. The number of hydrogen-bond acceptors (Lipinski definition) is 3. The third-order valence-corrected chi connectivity index (χ3v) is 4.47. The van der Waals surface area contributed by atoms with E-state index in [1.165, 1.54) is 0 Å². The van der Waals surface area contributed by atoms with Gasteiger partial charge in [-0.1, -0.05) is 0 Å². The summed E-state index contributed by atoms with van der Waals surface area (Å²) in [5, 5.41) is 2.84. The third-order valence-electron chi connectivity index (χ3n) is 2.84. The molecule has 1 aliphatic rings. The molecule has 0 atom stereocenters. The Morgan fingerprint density at radius 1 is 1.44 bits per heavy atom. The van der Waals surface area contributed by atoms with Crippen molar-refractivity contribution in [2.75, 3.05) is 13.1 Å². The van der Waals surface area contributed by atoms with E-state index < -0.39 is 0 Å². The van der Waals surface area contributed by atoms with Gasteiger partial charge in [0.1, 0.15) is 0 Å². The van der Waals surface area contributed by atoms with Crippen molar-refractivity contribution in [3.63, 3.8) is 0 Å². The first kappa shape index (κ1) is 13.5. The molecule has 4 nitrogen and oxygen atoms in total. The lowest BCUT2D eigenvalue weighted by molar-refractivity contribution is -0.137. The minimum Gasteiger partial charge on any atom is -0.350 e. The average molecular weight is 331 g/mol. The van der Waals surface area contributed by atoms with Crippen LogP contribution >= 0.6 is 27.3 Å². The van der Waals surface area contributed by atoms with Crippen molar-refractivity contribution in [2.45, 2.75) is 25.8 Å². The number of amides is 2. The molecular formula is C12H15BrN2O2S. The van der Waals surface area contributed by atoms with Crippen molar-refractivity contribution in [1.82, 2.24) is 10.2 Å². The summed E-state index contributed by atoms with van der Waals surface area (Å²) in [4.78, 5) is 26.0. The smallest absolute Gasteiger partial charge is 0.239 e. The molecule has 0 spiro atoms. The van der Waals surface area contributed by atoms with Crippen molar-refractivity contribution in [2.24, 2.45) is 0 Å². The number of nitrogens with zero attached hydrogens (tertiary/aromatic N) is 1. The van der Waals surface area contributed by atoms with Gasteiger partial charge in [0, 0.05) is 17.8 Å². The summed E-state index contributed by atoms with van der Waals surface area (Å²) < 4.78 is 1.05. The lowest BCUT2D eigenvalue weighted by Crippen LogP contribution is -2.42. The summed E-state index contributed by atoms with van der Waals surface area (Å²) >= 11 is 4.98. The summed E-state index contributed by atoms with van der Waals surface area (Å²) in [7, 11) is 0. The van der Waals surface area contributed by atoms with Crippen molar-refractivity contribution < 1.29 is 9.59 Å². The van der Waals surface area contributed by atoms with Crippen LogP contribution in [0.3, 0.4) is 0 Å². The molecule has 0 radical (unpaired) electrons. The van der Waals surface area contributed by atoms with E-state index in [1.54, 1.807) is 16.2 Å². The largest absolute Gasteiger partial charge is 0.350 e. The molecule has 18 heavy (non-hydrogen) atoms. The maximum Gasteiger partial charge on any atom is 0.239 e. The highest BCUT2D eigenvalue weighted by atomic mass is 79.9. The van der Waals surface area contributed by atoms with Gasteiger partial charge in [-0.05, 0) is 40.9 Å². The molecular weight excluding hydrogens is 316 g/mol. The number of halogens is 1. The Balaban J connectivity index is 1.76. The molecule has 0 unspecified atom stereocenters. The van der Waals surface area contributed by atoms with Gasteiger partial charge in [-0.15, -0.1) is 11.3 Å². The number of hydrogen-bond donors (Lipinski definition) is 1. The fraction of sp³-hybridized carbons (Fsp3) is 0.500. The molecule has 2 rings (SSSR count). The molecule has 1 saturated heterocycles. The topological polar surface area (TPSA) is 49.4 Å². The summed E-state index contributed by atoms with van der Waals surface area (Å²) in [5.74, 6) is 0.00467. The minimum atomic E-state index is -0.0882. The maximum atomic E-state index is 11.7. The number of piperidine rings is 1. The van der Waals surface area contributed by atoms with E-state index in [-0.39, 0.29) is 18.4 Å². The fourth-order valence-corrected chi connectivity index (χ4v) is 3.31. The second kappa shape index (κ2) is 6.33. The van der Waals surface area contributed by atoms with Crippen LogP contribution < -0.4 is 5.32 Å². The summed E-state index contributed by atoms with van der Waals surface area (Å²) in [5.41, 5.74) is 0. The molecule has 2 heterocycles. The quantitative estimate of drug-likeness (QED) is 0.919. The molecule has 1 aromatic rings. The highest BCUT2D eigenvalue weighted by molar-refractivity contribution is 9.11. The molecule has 6 heteroatoms. The van der Waals surface area contributed by atoms with Crippen LogP contribution in [0.4, 0.5) is 0 Å². The molecule has 1 fully saturated rings. The van der Waals surface area contributed by atoms with Gasteiger partial charge in [0.05, 0.1) is 16.9 Å². The number of carbonyl (C=O) groups is 2. The number of carbonyl (C=O) groups excluding carboxylic acids is 2. The SMILES string of the molecule is O=C(CN1CCCCC1=O)NCc1ccc(Br)s1. The van der Waals surface area contributed by atoms with Crippen molar-refractivity contribution >= 4 is 39.1 Å². The van der Waals surface area contributed by atoms with Gasteiger partial charge in [-0.25, -0.2) is 0 Å². The molecule has 0 aliphatic carbocycles. The Morgan fingerprint density at radius 2 is 2.28 bits per heavy atom. The normalized spacial score (nSPS) is 15.8. The number of likely N-dealkylation sites (tertiary alicyclic amines) is 1. The predicted octanol–water partition coefficient (Wildman–Crippen LogP) is 2.14. The van der Waals surface area contributed by atoms with E-state index in [0.29, 0.717) is 19.5 Å². The highest BCUT2D eigenvalue weighted by Gasteiger charge is 2.20. The zero-order valence-corrected chi connectivity index (χ0v) is 12.3. The Labute approximate surface area is 118 Å². The van der Waals surface area contributed by atoms with Crippen LogP contribution in [0.5, 0.6) is 0 Å². The van der Waals surface area contributed by atoms with E-state index in [9.17, 15) is 9.59 Å². The van der Waals surface area contributed by atoms with E-state index in [1.807, 2.05) is 12.1 Å². The lowest BCUT2D eigenvalue weighted by Gasteiger charge is -2.25. The molecule has 1 N–H and O–H groups in total. The van der Waals surface area contributed by atoms with Crippen LogP contribution in [-0.2, 0) is 16.1 Å². The zero-order chi connectivity index (χ0) is 13.0. The summed E-state index contributed by atoms with van der Waals surface area (Å²) in [6, 6.07) is 3.93. The lowest BCUT2D eigenvalue weighted by atomic mass is 10.1. The maximum absolute atomic E-state index is 11.7. The monoisotopic (exact) mass is 330 g/mol. The molecule has 0 aromatic carbocycles. The molecule has 1 aromatic heterocycles. The number of thiophene rings is 1. The van der Waals surface area contributed by atoms with Crippen LogP contribution in [0.2, 0.25) is 0 Å². The zero-order valence-electron chi connectivity index (χ0n) is 9.95. The van der Waals surface area contributed by atoms with Gasteiger partial charge in [-0.3, -0.25) is 9.59 Å². The van der Waals surface area contributed by atoms with E-state index in [0.717, 1.165) is 21.5 Å². The second-order valence-corrected chi connectivity index (χ2v) is 6.80. The van der Waals surface area contributed by atoms with Gasteiger partial charge < -0.3 is 10.2 Å². The van der Waals surface area contributed by atoms with Gasteiger partial charge >= 0.3 is 0 Å². The van der Waals surface area contributed by atoms with E-state index in [4.69, 9.17) is 0 Å². The third kappa shape index (κ3) is 3.81. The average Bonchev–Trinajstić information content (AvgIpc) is 2.76. The van der Waals surface area contributed by atoms with Crippen LogP contribution in [0, 0.1) is 0 Å². The molecule has 2 amide bonds. The fourth-order valence-electron chi connectivity index (χ4n) is 1.89. The van der Waals surface area contributed by atoms with Crippen LogP contribution in [0.25, 0.3) is 0 Å². The minimum absolute atomic E-state index is 0.0882. The van der Waals surface area contributed by atoms with Gasteiger partial charge in [0.2, 0.25) is 11.8 Å². The standard InChI is InChI=1S/C12H15BrN2O2S/c13-10-5-4-9(18-10)7-14-11(16)8-15-6-2-1-3-12(15)17/h4-5H,1-3,6-8H2,(H,14,16). The first-order valence-corrected chi connectivity index (χ1v) is 7.55. The van der Waals surface area contributed by atoms with Crippen molar-refractivity contribution in [3.8, 4) is 0 Å². The Kier molecular flexibility index (Phi) is 4.77. The first-order chi connectivity index (χ1) is 8.65. The molecule has 98 valence electrons. The van der Waals surface area contributed by atoms with Crippen LogP contribution in [0.15, 0.2) is 15.9 Å². The van der Waals surface area contributed by atoms with Gasteiger partial charge in [0.15, 0.2) is 0 Å². The Hall–Kier alpha value is -0.880. The Morgan fingerprint density at radius 3 is 2.94 bits per heavy atom. The predicted molar refractivity (Wildman–Crippen MR) is 74.3 cm³/mol. The summed E-state index contributed by atoms with van der Waals surface area (Å²) in [6.45, 7) is 1.42. The van der Waals surface area contributed by atoms with Crippen LogP contribution in [0.1, 0.15) is 24.1 Å². The number of rotatable bonds is 4. The van der Waals surface area contributed by atoms with E-state index >= 15 is 0 Å². The second-order valence-electron chi connectivity index (χ2n) is 4.25. The van der Waals surface area contributed by atoms with Gasteiger partial charge in [-0.2, -0.15) is 0 Å². The highest BCUT2D eigenvalue weighted by Crippen LogP contribution is 2.21. The molecule has 0 bridgehead atoms. The van der Waals surface area contributed by atoms with E-state index in [2.05, 4.69) is 21.2 Å². The van der Waals surface area contributed by atoms with Crippen molar-refractivity contribution in [3.05, 3.63) is 20.8 Å². The van der Waals surface area contributed by atoms with Crippen LogP contribution in [-0.4, -0.2) is 29.8 Å². The van der Waals surface area contributed by atoms with Gasteiger partial charge in [0.25, 0.3) is 0 Å².